The third-order valence-corrected chi connectivity index (χ3v) is 4.95. The molecule has 0 bridgehead atoms. The van der Waals surface area contributed by atoms with Crippen molar-refractivity contribution in [1.82, 2.24) is 0 Å². The fourth-order valence-electron chi connectivity index (χ4n) is 3.35. The lowest BCUT2D eigenvalue weighted by Crippen LogP contribution is -2.73. The van der Waals surface area contributed by atoms with E-state index in [4.69, 9.17) is 29.3 Å². The topological polar surface area (TPSA) is 218 Å². The van der Waals surface area contributed by atoms with Gasteiger partial charge in [-0.25, -0.2) is 5.21 Å². The van der Waals surface area contributed by atoms with Gasteiger partial charge in [-0.15, -0.1) is 0 Å². The van der Waals surface area contributed by atoms with Crippen LogP contribution in [0.3, 0.4) is 0 Å². The van der Waals surface area contributed by atoms with Gasteiger partial charge in [0.1, 0.15) is 24.1 Å². The van der Waals surface area contributed by atoms with Gasteiger partial charge >= 0.3 is 0 Å². The second kappa shape index (κ2) is 15.9. The Morgan fingerprint density at radius 2 is 1.62 bits per heavy atom. The summed E-state index contributed by atoms with van der Waals surface area (Å²) in [5.41, 5.74) is 6.07. The SMILES string of the molecule is CC(N)=O.CO.OCC1OC(OC2C[C@@H](Oc3ccc([NH2+]O)cc3)OC(CO)[C@H]2O)CCC1O. The average molecular weight is 494 g/mol. The van der Waals surface area contributed by atoms with Crippen LogP contribution in [0.2, 0.25) is 0 Å². The molecule has 34 heavy (non-hydrogen) atoms. The van der Waals surface area contributed by atoms with Crippen LogP contribution in [0, 0.1) is 0 Å². The fourth-order valence-corrected chi connectivity index (χ4v) is 3.35. The maximum absolute atomic E-state index is 10.4. The summed E-state index contributed by atoms with van der Waals surface area (Å²) in [5, 5.41) is 55.0. The molecule has 10 N–H and O–H groups in total. The summed E-state index contributed by atoms with van der Waals surface area (Å²) in [6.07, 6.45) is -4.64. The Labute approximate surface area is 197 Å². The van der Waals surface area contributed by atoms with E-state index in [0.29, 0.717) is 24.3 Å². The van der Waals surface area contributed by atoms with Crippen molar-refractivity contribution in [2.45, 2.75) is 69.3 Å². The quantitative estimate of drug-likeness (QED) is 0.146. The van der Waals surface area contributed by atoms with Crippen LogP contribution in [0.4, 0.5) is 5.69 Å². The van der Waals surface area contributed by atoms with Crippen LogP contribution in [0.1, 0.15) is 26.2 Å². The van der Waals surface area contributed by atoms with Gasteiger partial charge in [0.2, 0.25) is 12.2 Å². The number of carbonyl (C=O) groups is 1. The van der Waals surface area contributed by atoms with E-state index in [-0.39, 0.29) is 18.9 Å². The van der Waals surface area contributed by atoms with Crippen LogP contribution < -0.4 is 16.0 Å². The van der Waals surface area contributed by atoms with Gasteiger partial charge in [-0.1, -0.05) is 0 Å². The molecule has 1 aromatic rings. The van der Waals surface area contributed by atoms with E-state index in [0.717, 1.165) is 12.6 Å². The second-order valence-electron chi connectivity index (χ2n) is 7.55. The minimum absolute atomic E-state index is 0.192. The Bertz CT molecular complexity index is 690. The number of rotatable bonds is 7. The summed E-state index contributed by atoms with van der Waals surface area (Å²) in [6.45, 7) is 0.562. The van der Waals surface area contributed by atoms with Crippen molar-refractivity contribution in [3.63, 3.8) is 0 Å². The Kier molecular flexibility index (Phi) is 14.1. The number of nitrogens with two attached hydrogens (primary N) is 2. The van der Waals surface area contributed by atoms with E-state index in [1.165, 1.54) is 6.92 Å². The molecule has 2 fully saturated rings. The lowest BCUT2D eigenvalue weighted by molar-refractivity contribution is -0.825. The second-order valence-corrected chi connectivity index (χ2v) is 7.55. The number of primary amides is 1. The molecule has 5 unspecified atom stereocenters. The smallest absolute Gasteiger partial charge is 0.214 e. The lowest BCUT2D eigenvalue weighted by Gasteiger charge is -2.41. The van der Waals surface area contributed by atoms with Gasteiger partial charge in [-0.3, -0.25) is 4.79 Å². The first kappa shape index (κ1) is 30.1. The first-order valence-corrected chi connectivity index (χ1v) is 10.8. The summed E-state index contributed by atoms with van der Waals surface area (Å²) in [5.74, 6) is 0.166. The van der Waals surface area contributed by atoms with Gasteiger partial charge < -0.3 is 50.2 Å². The molecular formula is C21H37N2O11+. The highest BCUT2D eigenvalue weighted by atomic mass is 16.7. The number of carbonyl (C=O) groups excluding carboxylic acids is 1. The van der Waals surface area contributed by atoms with Crippen molar-refractivity contribution < 1.29 is 60.0 Å². The van der Waals surface area contributed by atoms with Gasteiger partial charge in [0.15, 0.2) is 12.0 Å². The summed E-state index contributed by atoms with van der Waals surface area (Å²) in [4.78, 5) is 9.22. The van der Waals surface area contributed by atoms with Crippen LogP contribution in [0.5, 0.6) is 5.75 Å². The van der Waals surface area contributed by atoms with Crippen molar-refractivity contribution in [1.29, 1.82) is 0 Å². The zero-order valence-electron chi connectivity index (χ0n) is 19.3. The number of benzene rings is 1. The zero-order chi connectivity index (χ0) is 25.7. The molecule has 196 valence electrons. The summed E-state index contributed by atoms with van der Waals surface area (Å²) < 4.78 is 22.8. The lowest BCUT2D eigenvalue weighted by atomic mass is 10.0. The maximum atomic E-state index is 10.4. The Hall–Kier alpha value is -1.91. The van der Waals surface area contributed by atoms with E-state index < -0.39 is 49.7 Å². The van der Waals surface area contributed by atoms with Crippen LogP contribution in [-0.2, 0) is 19.0 Å². The number of aliphatic hydroxyl groups excluding tert-OH is 5. The van der Waals surface area contributed by atoms with Gasteiger partial charge in [-0.2, -0.15) is 5.48 Å². The predicted octanol–water partition coefficient (Wildman–Crippen LogP) is -2.54. The largest absolute Gasteiger partial charge is 0.465 e. The highest BCUT2D eigenvalue weighted by molar-refractivity contribution is 5.70. The Balaban J connectivity index is 0.000000872. The molecule has 0 radical (unpaired) electrons. The van der Waals surface area contributed by atoms with E-state index in [1.54, 1.807) is 24.3 Å². The number of hydrogen-bond acceptors (Lipinski definition) is 11. The van der Waals surface area contributed by atoms with Crippen molar-refractivity contribution in [3.8, 4) is 5.75 Å². The summed E-state index contributed by atoms with van der Waals surface area (Å²) in [6, 6.07) is 6.66. The number of ether oxygens (including phenoxy) is 4. The molecule has 2 aliphatic heterocycles. The van der Waals surface area contributed by atoms with Gasteiger partial charge in [-0.05, 0) is 18.6 Å². The zero-order valence-corrected chi connectivity index (χ0v) is 19.3. The van der Waals surface area contributed by atoms with Crippen molar-refractivity contribution in [2.24, 2.45) is 5.73 Å². The molecule has 0 spiro atoms. The highest BCUT2D eigenvalue weighted by Gasteiger charge is 2.41. The number of quaternary nitrogens is 1. The first-order chi connectivity index (χ1) is 16.3. The molecule has 0 aromatic heterocycles. The third-order valence-electron chi connectivity index (χ3n) is 4.95. The van der Waals surface area contributed by atoms with Crippen molar-refractivity contribution >= 4 is 11.6 Å². The summed E-state index contributed by atoms with van der Waals surface area (Å²) in [7, 11) is 1.00. The molecule has 0 aliphatic carbocycles. The fraction of sp³-hybridized carbons (Fsp3) is 0.667. The molecule has 0 saturated carbocycles. The Morgan fingerprint density at radius 1 is 1.06 bits per heavy atom. The molecule has 13 nitrogen and oxygen atoms in total. The van der Waals surface area contributed by atoms with E-state index >= 15 is 0 Å². The monoisotopic (exact) mass is 493 g/mol. The van der Waals surface area contributed by atoms with Gasteiger partial charge in [0, 0.05) is 39.0 Å². The van der Waals surface area contributed by atoms with E-state index in [2.05, 4.69) is 5.73 Å². The molecule has 1 aromatic carbocycles. The highest BCUT2D eigenvalue weighted by Crippen LogP contribution is 2.29. The van der Waals surface area contributed by atoms with Crippen LogP contribution in [0.15, 0.2) is 24.3 Å². The molecule has 2 saturated heterocycles. The predicted molar refractivity (Wildman–Crippen MR) is 116 cm³/mol. The van der Waals surface area contributed by atoms with E-state index in [9.17, 15) is 25.2 Å². The number of amides is 1. The molecule has 7 atom stereocenters. The normalized spacial score (nSPS) is 30.8. The van der Waals surface area contributed by atoms with Gasteiger partial charge in [0.05, 0.1) is 25.4 Å². The number of aliphatic hydroxyl groups is 5. The molecule has 2 heterocycles. The molecule has 3 rings (SSSR count). The molecule has 13 heteroatoms. The van der Waals surface area contributed by atoms with Crippen molar-refractivity contribution in [2.75, 3.05) is 20.3 Å². The number of hydrogen-bond donors (Lipinski definition) is 8. The van der Waals surface area contributed by atoms with Crippen molar-refractivity contribution in [3.05, 3.63) is 24.3 Å². The minimum atomic E-state index is -1.08. The van der Waals surface area contributed by atoms with Gasteiger partial charge in [0.25, 0.3) is 0 Å². The molecule has 1 amide bonds. The molecule has 2 aliphatic rings. The standard InChI is InChI=1S/C18H27NO9.C2H5NO.CH4O/c20-8-14-12(22)5-6-16(27-14)26-13-7-17(28-15(9-21)18(13)23)25-11-3-1-10(19-24)2-4-11;1-2(3)4;1-2/h1-4,12-24H,5-9H2;1H3,(H2,3,4);2H,1H3/p+1/t12?,13?,14?,15?,16?,17-,18-;;/m0../s1. The van der Waals surface area contributed by atoms with Crippen LogP contribution >= 0.6 is 0 Å². The minimum Gasteiger partial charge on any atom is -0.465 e. The average Bonchev–Trinajstić information content (AvgIpc) is 2.83. The van der Waals surface area contributed by atoms with Crippen LogP contribution in [-0.4, -0.2) is 100 Å². The Morgan fingerprint density at radius 3 is 2.15 bits per heavy atom. The summed E-state index contributed by atoms with van der Waals surface area (Å²) >= 11 is 0. The van der Waals surface area contributed by atoms with E-state index in [1.807, 2.05) is 0 Å². The maximum Gasteiger partial charge on any atom is 0.214 e. The van der Waals surface area contributed by atoms with Crippen LogP contribution in [0.25, 0.3) is 0 Å². The first-order valence-electron chi connectivity index (χ1n) is 10.8. The molecular weight excluding hydrogens is 456 g/mol. The third kappa shape index (κ3) is 9.76.